The number of Topliss-reactive ketones (excluding diaryl/α,β-unsaturated/α-hetero) is 2. The Hall–Kier alpha value is -2.99. The molecular formula is C30H44N4O7. The van der Waals surface area contributed by atoms with Gasteiger partial charge in [0.2, 0.25) is 11.7 Å². The van der Waals surface area contributed by atoms with Crippen molar-refractivity contribution in [2.75, 3.05) is 46.7 Å². The van der Waals surface area contributed by atoms with Crippen molar-refractivity contribution < 1.29 is 34.8 Å². The Labute approximate surface area is 241 Å². The number of aliphatic hydroxyl groups excluding tert-OH is 2. The van der Waals surface area contributed by atoms with Crippen LogP contribution in [0.5, 0.6) is 5.75 Å². The van der Waals surface area contributed by atoms with Crippen molar-refractivity contribution in [3.63, 3.8) is 0 Å². The van der Waals surface area contributed by atoms with E-state index in [9.17, 15) is 34.8 Å². The highest BCUT2D eigenvalue weighted by atomic mass is 16.3. The van der Waals surface area contributed by atoms with E-state index in [1.165, 1.54) is 0 Å². The Morgan fingerprint density at radius 2 is 1.73 bits per heavy atom. The first kappa shape index (κ1) is 31.0. The van der Waals surface area contributed by atoms with Crippen molar-refractivity contribution in [3.05, 3.63) is 28.3 Å². The van der Waals surface area contributed by atoms with Crippen molar-refractivity contribution in [3.8, 4) is 5.75 Å². The molecule has 0 spiro atoms. The fraction of sp³-hybridized carbons (Fsp3) is 0.633. The molecule has 0 heterocycles. The highest BCUT2D eigenvalue weighted by Crippen LogP contribution is 2.53. The second kappa shape index (κ2) is 10.4. The molecule has 3 aliphatic carbocycles. The van der Waals surface area contributed by atoms with E-state index < -0.39 is 58.7 Å². The van der Waals surface area contributed by atoms with Gasteiger partial charge in [-0.2, -0.15) is 0 Å². The number of nitrogens with zero attached hydrogens (tertiary/aromatic N) is 3. The van der Waals surface area contributed by atoms with Gasteiger partial charge in [0.1, 0.15) is 17.4 Å². The maximum absolute atomic E-state index is 14.1. The number of phenolic OH excluding ortho intramolecular Hbond substituents is 1. The van der Waals surface area contributed by atoms with Crippen LogP contribution in [-0.2, 0) is 27.3 Å². The average molecular weight is 573 g/mol. The molecule has 11 heteroatoms. The van der Waals surface area contributed by atoms with E-state index in [1.54, 1.807) is 19.0 Å². The molecule has 0 saturated heterocycles. The molecule has 41 heavy (non-hydrogen) atoms. The van der Waals surface area contributed by atoms with Crippen LogP contribution < -0.4 is 10.6 Å². The third-order valence-corrected chi connectivity index (χ3v) is 8.81. The van der Waals surface area contributed by atoms with Gasteiger partial charge in [0.05, 0.1) is 11.7 Å². The Kier molecular flexibility index (Phi) is 7.83. The molecule has 6 N–H and O–H groups in total. The number of primary amides is 1. The Morgan fingerprint density at radius 3 is 2.24 bits per heavy atom. The highest BCUT2D eigenvalue weighted by molar-refractivity contribution is 6.25. The van der Waals surface area contributed by atoms with Gasteiger partial charge < -0.3 is 40.9 Å². The zero-order chi connectivity index (χ0) is 30.9. The standard InChI is InChI=1S/C30H44N4O7/c1-29(2,3)13-34(8)12-15-11-18(32(4)5)16-9-14-10-17-22(33(6)7)25(37)21(28(31)40)27(39)30(17,41)26(38)19(14)24(36)20(16)23(15)35/h11,14,17,21-22,25,35-37,41H,9-10,12-13H2,1-8H3,(H2,31,40)/t14-,17-,21?,22-,25?,30-/m0/s1. The van der Waals surface area contributed by atoms with Crippen LogP contribution in [0, 0.1) is 23.2 Å². The third kappa shape index (κ3) is 4.92. The summed E-state index contributed by atoms with van der Waals surface area (Å²) in [6.45, 7) is 7.45. The van der Waals surface area contributed by atoms with Gasteiger partial charge >= 0.3 is 0 Å². The first-order valence-electron chi connectivity index (χ1n) is 13.9. The number of fused-ring (bicyclic) bond motifs is 3. The van der Waals surface area contributed by atoms with Gasteiger partial charge in [-0.05, 0) is 56.9 Å². The van der Waals surface area contributed by atoms with Crippen LogP contribution in [0.2, 0.25) is 0 Å². The zero-order valence-corrected chi connectivity index (χ0v) is 25.2. The predicted molar refractivity (Wildman–Crippen MR) is 154 cm³/mol. The fourth-order valence-corrected chi connectivity index (χ4v) is 7.38. The third-order valence-electron chi connectivity index (χ3n) is 8.81. The number of nitrogens with two attached hydrogens (primary N) is 1. The van der Waals surface area contributed by atoms with Crippen molar-refractivity contribution in [2.45, 2.75) is 57.9 Å². The van der Waals surface area contributed by atoms with E-state index >= 15 is 0 Å². The molecule has 4 rings (SSSR count). The maximum Gasteiger partial charge on any atom is 0.230 e. The summed E-state index contributed by atoms with van der Waals surface area (Å²) >= 11 is 0. The number of benzene rings is 1. The molecule has 226 valence electrons. The lowest BCUT2D eigenvalue weighted by atomic mass is 9.54. The van der Waals surface area contributed by atoms with Gasteiger partial charge in [-0.15, -0.1) is 0 Å². The van der Waals surface area contributed by atoms with Gasteiger partial charge in [0.15, 0.2) is 11.4 Å². The molecule has 11 nitrogen and oxygen atoms in total. The number of ketones is 2. The van der Waals surface area contributed by atoms with Gasteiger partial charge in [-0.3, -0.25) is 14.4 Å². The van der Waals surface area contributed by atoms with Crippen LogP contribution >= 0.6 is 0 Å². The topological polar surface area (TPSA) is 168 Å². The number of amides is 1. The molecule has 2 unspecified atom stereocenters. The molecular weight excluding hydrogens is 528 g/mol. The van der Waals surface area contributed by atoms with Gasteiger partial charge in [-0.1, -0.05) is 20.8 Å². The van der Waals surface area contributed by atoms with E-state index in [0.29, 0.717) is 17.7 Å². The number of phenols is 1. The number of aromatic hydroxyl groups is 1. The van der Waals surface area contributed by atoms with Crippen LogP contribution in [-0.4, -0.2) is 107 Å². The van der Waals surface area contributed by atoms with Crippen molar-refractivity contribution in [1.82, 2.24) is 9.80 Å². The summed E-state index contributed by atoms with van der Waals surface area (Å²) < 4.78 is 0. The lowest BCUT2D eigenvalue weighted by Crippen LogP contribution is -2.73. The van der Waals surface area contributed by atoms with E-state index in [0.717, 1.165) is 12.2 Å². The fourth-order valence-electron chi connectivity index (χ4n) is 7.38. The number of rotatable bonds is 6. The molecule has 2 saturated carbocycles. The summed E-state index contributed by atoms with van der Waals surface area (Å²) in [6, 6.07) is 0.965. The normalized spacial score (nSPS) is 29.9. The van der Waals surface area contributed by atoms with Crippen LogP contribution in [0.15, 0.2) is 11.6 Å². The van der Waals surface area contributed by atoms with E-state index in [1.807, 2.05) is 32.1 Å². The molecule has 3 aliphatic rings. The van der Waals surface area contributed by atoms with Gasteiger partial charge in [-0.25, -0.2) is 0 Å². The second-order valence-corrected chi connectivity index (χ2v) is 13.7. The van der Waals surface area contributed by atoms with Crippen molar-refractivity contribution in [2.24, 2.45) is 28.9 Å². The minimum Gasteiger partial charge on any atom is -0.507 e. The van der Waals surface area contributed by atoms with Crippen molar-refractivity contribution >= 4 is 28.9 Å². The molecule has 2 fully saturated rings. The number of anilines is 1. The van der Waals surface area contributed by atoms with E-state index in [-0.39, 0.29) is 35.1 Å². The monoisotopic (exact) mass is 572 g/mol. The number of hydrogen-bond acceptors (Lipinski definition) is 10. The number of likely N-dealkylation sites (N-methyl/N-ethyl adjacent to an activating group) is 1. The summed E-state index contributed by atoms with van der Waals surface area (Å²) in [6.07, 6.45) is -1.17. The molecule has 1 amide bonds. The minimum absolute atomic E-state index is 0.00803. The summed E-state index contributed by atoms with van der Waals surface area (Å²) in [4.78, 5) is 45.4. The molecule has 6 atom stereocenters. The molecule has 0 radical (unpaired) electrons. The molecule has 1 aromatic rings. The molecule has 0 aliphatic heterocycles. The summed E-state index contributed by atoms with van der Waals surface area (Å²) in [7, 11) is 8.92. The number of carbonyl (C=O) groups excluding carboxylic acids is 3. The van der Waals surface area contributed by atoms with Crippen LogP contribution in [0.4, 0.5) is 5.69 Å². The summed E-state index contributed by atoms with van der Waals surface area (Å²) in [5.41, 5.74) is 4.73. The van der Waals surface area contributed by atoms with Gasteiger partial charge in [0.25, 0.3) is 0 Å². The highest BCUT2D eigenvalue weighted by Gasteiger charge is 2.67. The van der Waals surface area contributed by atoms with E-state index in [4.69, 9.17) is 5.73 Å². The number of hydrogen-bond donors (Lipinski definition) is 5. The first-order chi connectivity index (χ1) is 18.8. The van der Waals surface area contributed by atoms with Crippen LogP contribution in [0.1, 0.15) is 43.9 Å². The Morgan fingerprint density at radius 1 is 1.12 bits per heavy atom. The average Bonchev–Trinajstić information content (AvgIpc) is 2.81. The quantitative estimate of drug-likeness (QED) is 0.306. The lowest BCUT2D eigenvalue weighted by Gasteiger charge is -2.53. The molecule has 0 bridgehead atoms. The van der Waals surface area contributed by atoms with E-state index in [2.05, 4.69) is 25.7 Å². The minimum atomic E-state index is -2.67. The second-order valence-electron chi connectivity index (χ2n) is 13.7. The summed E-state index contributed by atoms with van der Waals surface area (Å²) in [5, 5.41) is 45.9. The van der Waals surface area contributed by atoms with Crippen molar-refractivity contribution in [1.29, 1.82) is 0 Å². The zero-order valence-electron chi connectivity index (χ0n) is 25.2. The van der Waals surface area contributed by atoms with Crippen LogP contribution in [0.25, 0.3) is 5.76 Å². The van der Waals surface area contributed by atoms with Gasteiger partial charge in [0, 0.05) is 56.0 Å². The Balaban J connectivity index is 1.89. The van der Waals surface area contributed by atoms with Crippen LogP contribution in [0.3, 0.4) is 0 Å². The number of aliphatic hydroxyl groups is 3. The molecule has 1 aromatic carbocycles. The lowest BCUT2D eigenvalue weighted by molar-refractivity contribution is -0.184. The molecule has 0 aromatic heterocycles. The summed E-state index contributed by atoms with van der Waals surface area (Å²) in [5.74, 6) is -7.40. The Bertz CT molecular complexity index is 1310. The SMILES string of the molecule is CN(Cc1cc(N(C)C)c2c(c1O)C(O)=C1C(=O)[C@]3(O)C(=O)C(C(N)=O)C(O)[C@@H](N(C)C)[C@@H]3C[C@@H]1C2)CC(C)(C)C. The predicted octanol–water partition coefficient (Wildman–Crippen LogP) is 0.673. The maximum atomic E-state index is 14.1. The number of carbonyl (C=O) groups is 3. The largest absolute Gasteiger partial charge is 0.507 e. The smallest absolute Gasteiger partial charge is 0.230 e. The first-order valence-corrected chi connectivity index (χ1v) is 13.9.